The second-order valence-corrected chi connectivity index (χ2v) is 6.27. The van der Waals surface area contributed by atoms with E-state index in [0.717, 1.165) is 6.42 Å². The molecule has 0 aliphatic carbocycles. The Labute approximate surface area is 135 Å². The van der Waals surface area contributed by atoms with E-state index >= 15 is 0 Å². The molecule has 1 fully saturated rings. The average molecular weight is 318 g/mol. The normalized spacial score (nSPS) is 17.6. The molecule has 1 aromatic carbocycles. The van der Waals surface area contributed by atoms with Crippen LogP contribution in [0.15, 0.2) is 24.3 Å². The standard InChI is InChI=1S/C17H22N2O4/c1-11(2)6-7-15(20)18-13-4-3-5-14(9-13)19-10-12(17(22)23)8-16(19)21/h3-5,9,11-12H,6-8,10H2,1-2H3,(H,18,20)(H,22,23)/t12-/m1/s1. The highest BCUT2D eigenvalue weighted by Gasteiger charge is 2.35. The Hall–Kier alpha value is -2.37. The van der Waals surface area contributed by atoms with Crippen LogP contribution in [-0.4, -0.2) is 29.4 Å². The van der Waals surface area contributed by atoms with Gasteiger partial charge in [0, 0.05) is 30.8 Å². The fraction of sp³-hybridized carbons (Fsp3) is 0.471. The Balaban J connectivity index is 2.04. The number of anilines is 2. The lowest BCUT2D eigenvalue weighted by atomic mass is 10.1. The predicted molar refractivity (Wildman–Crippen MR) is 87.2 cm³/mol. The molecular formula is C17H22N2O4. The molecule has 0 bridgehead atoms. The highest BCUT2D eigenvalue weighted by atomic mass is 16.4. The largest absolute Gasteiger partial charge is 0.481 e. The highest BCUT2D eigenvalue weighted by molar-refractivity contribution is 6.00. The van der Waals surface area contributed by atoms with E-state index in [-0.39, 0.29) is 24.8 Å². The van der Waals surface area contributed by atoms with E-state index in [1.54, 1.807) is 24.3 Å². The van der Waals surface area contributed by atoms with E-state index < -0.39 is 11.9 Å². The molecule has 0 unspecified atom stereocenters. The maximum absolute atomic E-state index is 12.0. The first kappa shape index (κ1) is 17.0. The number of rotatable bonds is 6. The SMILES string of the molecule is CC(C)CCC(=O)Nc1cccc(N2C[C@H](C(=O)O)CC2=O)c1. The fourth-order valence-corrected chi connectivity index (χ4v) is 2.52. The Morgan fingerprint density at radius 1 is 1.39 bits per heavy atom. The van der Waals surface area contributed by atoms with E-state index in [9.17, 15) is 14.4 Å². The summed E-state index contributed by atoms with van der Waals surface area (Å²) in [7, 11) is 0. The van der Waals surface area contributed by atoms with Crippen LogP contribution in [0.1, 0.15) is 33.1 Å². The number of aliphatic carboxylic acids is 1. The van der Waals surface area contributed by atoms with Crippen LogP contribution in [-0.2, 0) is 14.4 Å². The zero-order valence-electron chi connectivity index (χ0n) is 13.4. The molecule has 1 saturated heterocycles. The molecule has 6 heteroatoms. The molecule has 0 aromatic heterocycles. The van der Waals surface area contributed by atoms with E-state index in [1.807, 2.05) is 0 Å². The molecule has 0 spiro atoms. The van der Waals surface area contributed by atoms with Crippen molar-refractivity contribution >= 4 is 29.2 Å². The molecule has 6 nitrogen and oxygen atoms in total. The Bertz CT molecular complexity index is 612. The lowest BCUT2D eigenvalue weighted by Gasteiger charge is -2.17. The number of amides is 2. The lowest BCUT2D eigenvalue weighted by molar-refractivity contribution is -0.141. The minimum absolute atomic E-state index is 0.0142. The third kappa shape index (κ3) is 4.55. The molecule has 2 N–H and O–H groups in total. The van der Waals surface area contributed by atoms with Gasteiger partial charge < -0.3 is 15.3 Å². The molecule has 1 aromatic rings. The molecule has 23 heavy (non-hydrogen) atoms. The van der Waals surface area contributed by atoms with Gasteiger partial charge in [-0.2, -0.15) is 0 Å². The number of carboxylic acids is 1. The van der Waals surface area contributed by atoms with Crippen molar-refractivity contribution in [3.8, 4) is 0 Å². The number of carboxylic acid groups (broad SMARTS) is 1. The van der Waals surface area contributed by atoms with Gasteiger partial charge in [-0.3, -0.25) is 14.4 Å². The third-order valence-corrected chi connectivity index (χ3v) is 3.86. The second-order valence-electron chi connectivity index (χ2n) is 6.27. The molecule has 0 radical (unpaired) electrons. The summed E-state index contributed by atoms with van der Waals surface area (Å²) >= 11 is 0. The van der Waals surface area contributed by atoms with Gasteiger partial charge in [-0.05, 0) is 30.5 Å². The number of hydrogen-bond acceptors (Lipinski definition) is 3. The van der Waals surface area contributed by atoms with Crippen molar-refractivity contribution in [1.29, 1.82) is 0 Å². The number of nitrogens with zero attached hydrogens (tertiary/aromatic N) is 1. The zero-order valence-corrected chi connectivity index (χ0v) is 13.4. The summed E-state index contributed by atoms with van der Waals surface area (Å²) in [5.41, 5.74) is 1.23. The second kappa shape index (κ2) is 7.26. The van der Waals surface area contributed by atoms with Crippen molar-refractivity contribution in [2.24, 2.45) is 11.8 Å². The first-order valence-corrected chi connectivity index (χ1v) is 7.80. The first-order valence-electron chi connectivity index (χ1n) is 7.80. The summed E-state index contributed by atoms with van der Waals surface area (Å²) in [4.78, 5) is 36.3. The summed E-state index contributed by atoms with van der Waals surface area (Å²) in [5.74, 6) is -1.44. The van der Waals surface area contributed by atoms with Crippen LogP contribution in [0.2, 0.25) is 0 Å². The highest BCUT2D eigenvalue weighted by Crippen LogP contribution is 2.27. The molecule has 1 aliphatic rings. The molecule has 124 valence electrons. The van der Waals surface area contributed by atoms with Crippen LogP contribution in [0, 0.1) is 11.8 Å². The van der Waals surface area contributed by atoms with Gasteiger partial charge in [0.15, 0.2) is 0 Å². The summed E-state index contributed by atoms with van der Waals surface area (Å²) in [6.07, 6.45) is 1.28. The van der Waals surface area contributed by atoms with E-state index in [4.69, 9.17) is 5.11 Å². The molecule has 2 amide bonds. The van der Waals surface area contributed by atoms with E-state index in [2.05, 4.69) is 19.2 Å². The number of carbonyl (C=O) groups is 3. The molecule has 0 saturated carbocycles. The molecule has 2 rings (SSSR count). The quantitative estimate of drug-likeness (QED) is 0.843. The third-order valence-electron chi connectivity index (χ3n) is 3.86. The van der Waals surface area contributed by atoms with Crippen molar-refractivity contribution < 1.29 is 19.5 Å². The van der Waals surface area contributed by atoms with E-state index in [1.165, 1.54) is 4.90 Å². The Morgan fingerprint density at radius 2 is 2.13 bits per heavy atom. The van der Waals surface area contributed by atoms with Crippen LogP contribution in [0.4, 0.5) is 11.4 Å². The molecular weight excluding hydrogens is 296 g/mol. The van der Waals surface area contributed by atoms with Gasteiger partial charge in [-0.15, -0.1) is 0 Å². The summed E-state index contributed by atoms with van der Waals surface area (Å²) < 4.78 is 0. The number of benzene rings is 1. The van der Waals surface area contributed by atoms with Crippen LogP contribution in [0.5, 0.6) is 0 Å². The molecule has 1 atom stereocenters. The van der Waals surface area contributed by atoms with Crippen molar-refractivity contribution in [2.45, 2.75) is 33.1 Å². The van der Waals surface area contributed by atoms with Gasteiger partial charge in [0.1, 0.15) is 0 Å². The lowest BCUT2D eigenvalue weighted by Crippen LogP contribution is -2.25. The first-order chi connectivity index (χ1) is 10.9. The Morgan fingerprint density at radius 3 is 2.74 bits per heavy atom. The summed E-state index contributed by atoms with van der Waals surface area (Å²) in [5, 5.41) is 11.9. The van der Waals surface area contributed by atoms with Crippen molar-refractivity contribution in [1.82, 2.24) is 0 Å². The predicted octanol–water partition coefficient (Wildman–Crippen LogP) is 2.50. The monoisotopic (exact) mass is 318 g/mol. The number of hydrogen-bond donors (Lipinski definition) is 2. The summed E-state index contributed by atoms with van der Waals surface area (Å²) in [6, 6.07) is 6.95. The van der Waals surface area contributed by atoms with Gasteiger partial charge in [0.2, 0.25) is 11.8 Å². The maximum atomic E-state index is 12.0. The van der Waals surface area contributed by atoms with Crippen LogP contribution >= 0.6 is 0 Å². The topological polar surface area (TPSA) is 86.7 Å². The van der Waals surface area contributed by atoms with Crippen molar-refractivity contribution in [3.63, 3.8) is 0 Å². The fourth-order valence-electron chi connectivity index (χ4n) is 2.52. The minimum atomic E-state index is -0.959. The number of carbonyl (C=O) groups excluding carboxylic acids is 2. The zero-order chi connectivity index (χ0) is 17.0. The summed E-state index contributed by atoms with van der Waals surface area (Å²) in [6.45, 7) is 4.29. The number of nitrogens with one attached hydrogen (secondary N) is 1. The van der Waals surface area contributed by atoms with Crippen LogP contribution in [0.3, 0.4) is 0 Å². The maximum Gasteiger partial charge on any atom is 0.308 e. The van der Waals surface area contributed by atoms with Gasteiger partial charge in [-0.1, -0.05) is 19.9 Å². The van der Waals surface area contributed by atoms with Gasteiger partial charge in [0.05, 0.1) is 5.92 Å². The smallest absolute Gasteiger partial charge is 0.308 e. The molecule has 1 heterocycles. The van der Waals surface area contributed by atoms with E-state index in [0.29, 0.717) is 23.7 Å². The average Bonchev–Trinajstić information content (AvgIpc) is 2.88. The van der Waals surface area contributed by atoms with Gasteiger partial charge in [-0.25, -0.2) is 0 Å². The van der Waals surface area contributed by atoms with Crippen molar-refractivity contribution in [3.05, 3.63) is 24.3 Å². The van der Waals surface area contributed by atoms with Crippen LogP contribution < -0.4 is 10.2 Å². The Kier molecular flexibility index (Phi) is 5.36. The van der Waals surface area contributed by atoms with Gasteiger partial charge in [0.25, 0.3) is 0 Å². The molecule has 1 aliphatic heterocycles. The van der Waals surface area contributed by atoms with Crippen LogP contribution in [0.25, 0.3) is 0 Å². The van der Waals surface area contributed by atoms with Gasteiger partial charge >= 0.3 is 5.97 Å². The van der Waals surface area contributed by atoms with Crippen molar-refractivity contribution in [2.75, 3.05) is 16.8 Å². The minimum Gasteiger partial charge on any atom is -0.481 e.